The van der Waals surface area contributed by atoms with E-state index in [4.69, 9.17) is 8.92 Å². The summed E-state index contributed by atoms with van der Waals surface area (Å²) in [7, 11) is -3.92. The minimum absolute atomic E-state index is 0.0476. The Morgan fingerprint density at radius 1 is 1.17 bits per heavy atom. The molecule has 2 rings (SSSR count). The number of rotatable bonds is 6. The highest BCUT2D eigenvalue weighted by Crippen LogP contribution is 2.20. The molecule has 1 amide bonds. The molecule has 24 heavy (non-hydrogen) atoms. The van der Waals surface area contributed by atoms with Crippen molar-refractivity contribution in [2.24, 2.45) is 0 Å². The summed E-state index contributed by atoms with van der Waals surface area (Å²) in [5.41, 5.74) is 0.736. The molecule has 0 heterocycles. The van der Waals surface area contributed by atoms with Crippen molar-refractivity contribution in [3.05, 3.63) is 59.9 Å². The lowest BCUT2D eigenvalue weighted by Crippen LogP contribution is -2.14. The van der Waals surface area contributed by atoms with Gasteiger partial charge in [0.2, 0.25) is 0 Å². The largest absolute Gasteiger partial charge is 0.450 e. The minimum Gasteiger partial charge on any atom is -0.450 e. The molecule has 2 aromatic rings. The van der Waals surface area contributed by atoms with Gasteiger partial charge in [0, 0.05) is 11.8 Å². The monoisotopic (exact) mass is 353 g/mol. The number of carbonyl (C=O) groups is 1. The van der Waals surface area contributed by atoms with Crippen LogP contribution in [0.25, 0.3) is 0 Å². The van der Waals surface area contributed by atoms with E-state index < -0.39 is 27.8 Å². The minimum atomic E-state index is -3.92. The average molecular weight is 353 g/mol. The number of nitrogens with one attached hydrogen (secondary N) is 1. The molecule has 0 aromatic heterocycles. The first kappa shape index (κ1) is 17.7. The Hall–Kier alpha value is -2.61. The van der Waals surface area contributed by atoms with Crippen molar-refractivity contribution in [1.82, 2.24) is 0 Å². The molecule has 1 N–H and O–H groups in total. The van der Waals surface area contributed by atoms with Crippen molar-refractivity contribution in [3.63, 3.8) is 0 Å². The van der Waals surface area contributed by atoms with Crippen molar-refractivity contribution in [3.8, 4) is 5.75 Å². The smallest absolute Gasteiger partial charge is 0.411 e. The highest BCUT2D eigenvalue weighted by molar-refractivity contribution is 7.86. The van der Waals surface area contributed by atoms with E-state index in [1.165, 1.54) is 42.5 Å². The first-order valence-electron chi connectivity index (χ1n) is 7.08. The van der Waals surface area contributed by atoms with Gasteiger partial charge in [0.15, 0.2) is 0 Å². The zero-order chi connectivity index (χ0) is 17.6. The number of benzene rings is 2. The van der Waals surface area contributed by atoms with Gasteiger partial charge in [0.1, 0.15) is 17.3 Å². The average Bonchev–Trinajstić information content (AvgIpc) is 2.49. The number of carbonyl (C=O) groups excluding carboxylic acids is 1. The molecule has 0 saturated carbocycles. The molecule has 0 fully saturated rings. The van der Waals surface area contributed by atoms with Crippen molar-refractivity contribution in [1.29, 1.82) is 0 Å². The lowest BCUT2D eigenvalue weighted by Gasteiger charge is -2.09. The first-order valence-corrected chi connectivity index (χ1v) is 8.66. The Bertz CT molecular complexity index is 805. The Morgan fingerprint density at radius 3 is 2.54 bits per heavy atom. The summed E-state index contributed by atoms with van der Waals surface area (Å²) in [6, 6.07) is 11.0. The van der Waals surface area contributed by atoms with E-state index in [1.807, 2.05) is 0 Å². The zero-order valence-corrected chi connectivity index (χ0v) is 13.7. The molecule has 8 heteroatoms. The van der Waals surface area contributed by atoms with E-state index in [0.29, 0.717) is 11.3 Å². The fourth-order valence-electron chi connectivity index (χ4n) is 1.87. The molecule has 0 atom stereocenters. The van der Waals surface area contributed by atoms with Crippen LogP contribution in [0.2, 0.25) is 0 Å². The van der Waals surface area contributed by atoms with Gasteiger partial charge in [-0.25, -0.2) is 9.18 Å². The summed E-state index contributed by atoms with van der Waals surface area (Å²) in [5, 5.41) is 2.45. The molecule has 6 nitrogen and oxygen atoms in total. The molecule has 128 valence electrons. The second-order valence-corrected chi connectivity index (χ2v) is 6.36. The van der Waals surface area contributed by atoms with Crippen LogP contribution in [0.4, 0.5) is 14.9 Å². The van der Waals surface area contributed by atoms with Crippen LogP contribution in [0, 0.1) is 5.82 Å². The molecular formula is C16H16FNO5S. The molecule has 2 aromatic carbocycles. The SMILES string of the molecule is CCOC(=O)Nc1cccc(OS(=O)(=O)Cc2ccc(F)cc2)c1. The third-order valence-corrected chi connectivity index (χ3v) is 3.97. The molecule has 0 aliphatic rings. The van der Waals surface area contributed by atoms with E-state index in [1.54, 1.807) is 13.0 Å². The van der Waals surface area contributed by atoms with Gasteiger partial charge in [-0.1, -0.05) is 18.2 Å². The standard InChI is InChI=1S/C16H16FNO5S/c1-2-22-16(19)18-14-4-3-5-15(10-14)23-24(20,21)11-12-6-8-13(17)9-7-12/h3-10H,2,11H2,1H3,(H,18,19). The number of hydrogen-bond acceptors (Lipinski definition) is 5. The molecular weight excluding hydrogens is 337 g/mol. The van der Waals surface area contributed by atoms with Gasteiger partial charge >= 0.3 is 16.2 Å². The van der Waals surface area contributed by atoms with E-state index in [-0.39, 0.29) is 12.4 Å². The predicted molar refractivity (Wildman–Crippen MR) is 86.7 cm³/mol. The molecule has 0 spiro atoms. The third kappa shape index (κ3) is 5.54. The summed E-state index contributed by atoms with van der Waals surface area (Å²) in [6.07, 6.45) is -0.649. The Kier molecular flexibility index (Phi) is 5.75. The number of ether oxygens (including phenoxy) is 1. The van der Waals surface area contributed by atoms with Gasteiger partial charge in [-0.3, -0.25) is 5.32 Å². The van der Waals surface area contributed by atoms with Crippen LogP contribution in [0.1, 0.15) is 12.5 Å². The summed E-state index contributed by atoms with van der Waals surface area (Å²) in [6.45, 7) is 1.88. The maximum absolute atomic E-state index is 12.8. The van der Waals surface area contributed by atoms with Gasteiger partial charge in [-0.15, -0.1) is 0 Å². The Morgan fingerprint density at radius 2 is 1.88 bits per heavy atom. The van der Waals surface area contributed by atoms with Gasteiger partial charge in [-0.2, -0.15) is 8.42 Å². The lowest BCUT2D eigenvalue weighted by molar-refractivity contribution is 0.168. The molecule has 0 bridgehead atoms. The third-order valence-electron chi connectivity index (χ3n) is 2.84. The van der Waals surface area contributed by atoms with Crippen molar-refractivity contribution in [2.45, 2.75) is 12.7 Å². The van der Waals surface area contributed by atoms with Crippen LogP contribution < -0.4 is 9.50 Å². The predicted octanol–water partition coefficient (Wildman–Crippen LogP) is 3.30. The second kappa shape index (κ2) is 7.78. The summed E-state index contributed by atoms with van der Waals surface area (Å²) in [5.74, 6) is -0.802. The van der Waals surface area contributed by atoms with Gasteiger partial charge < -0.3 is 8.92 Å². The fourth-order valence-corrected chi connectivity index (χ4v) is 2.93. The quantitative estimate of drug-likeness (QED) is 0.806. The van der Waals surface area contributed by atoms with Crippen LogP contribution >= 0.6 is 0 Å². The highest BCUT2D eigenvalue weighted by atomic mass is 32.2. The van der Waals surface area contributed by atoms with Crippen LogP contribution in [0.3, 0.4) is 0 Å². The summed E-state index contributed by atoms with van der Waals surface area (Å²) < 4.78 is 46.7. The number of halogens is 1. The maximum Gasteiger partial charge on any atom is 0.411 e. The van der Waals surface area contributed by atoms with Crippen LogP contribution in [0.15, 0.2) is 48.5 Å². The van der Waals surface area contributed by atoms with Crippen LogP contribution in [-0.4, -0.2) is 21.1 Å². The Balaban J connectivity index is 2.06. The second-order valence-electron chi connectivity index (χ2n) is 4.79. The number of hydrogen-bond donors (Lipinski definition) is 1. The van der Waals surface area contributed by atoms with Crippen molar-refractivity contribution in [2.75, 3.05) is 11.9 Å². The molecule has 0 saturated heterocycles. The van der Waals surface area contributed by atoms with Crippen molar-refractivity contribution < 1.29 is 26.5 Å². The van der Waals surface area contributed by atoms with Gasteiger partial charge in [0.05, 0.1) is 6.61 Å². The topological polar surface area (TPSA) is 81.7 Å². The van der Waals surface area contributed by atoms with Crippen molar-refractivity contribution >= 4 is 21.9 Å². The van der Waals surface area contributed by atoms with Gasteiger partial charge in [0.25, 0.3) is 0 Å². The van der Waals surface area contributed by atoms with Crippen LogP contribution in [0.5, 0.6) is 5.75 Å². The van der Waals surface area contributed by atoms with E-state index >= 15 is 0 Å². The number of amides is 1. The van der Waals surface area contributed by atoms with E-state index in [9.17, 15) is 17.6 Å². The van der Waals surface area contributed by atoms with Crippen LogP contribution in [-0.2, 0) is 20.6 Å². The summed E-state index contributed by atoms with van der Waals surface area (Å²) in [4.78, 5) is 11.4. The molecule has 0 unspecified atom stereocenters. The Labute approximate surface area is 139 Å². The molecule has 0 aliphatic carbocycles. The van der Waals surface area contributed by atoms with E-state index in [2.05, 4.69) is 5.32 Å². The van der Waals surface area contributed by atoms with E-state index in [0.717, 1.165) is 0 Å². The summed E-state index contributed by atoms with van der Waals surface area (Å²) >= 11 is 0. The lowest BCUT2D eigenvalue weighted by atomic mass is 10.2. The van der Waals surface area contributed by atoms with Gasteiger partial charge in [-0.05, 0) is 36.8 Å². The molecule has 0 aliphatic heterocycles. The first-order chi connectivity index (χ1) is 11.4. The molecule has 0 radical (unpaired) electrons. The fraction of sp³-hybridized carbons (Fsp3) is 0.188. The zero-order valence-electron chi connectivity index (χ0n) is 12.9. The highest BCUT2D eigenvalue weighted by Gasteiger charge is 2.15. The maximum atomic E-state index is 12.8. The number of anilines is 1. The normalized spacial score (nSPS) is 10.9.